The van der Waals surface area contributed by atoms with Crippen LogP contribution in [0, 0.1) is 0 Å². The molecular formula is C16H23N3. The first kappa shape index (κ1) is 13.8. The summed E-state index contributed by atoms with van der Waals surface area (Å²) in [5.41, 5.74) is 1.27. The molecule has 0 amide bonds. The predicted octanol–water partition coefficient (Wildman–Crippen LogP) is 3.19. The van der Waals surface area contributed by atoms with E-state index in [1.54, 1.807) is 0 Å². The zero-order valence-corrected chi connectivity index (χ0v) is 12.1. The van der Waals surface area contributed by atoms with Crippen molar-refractivity contribution in [3.05, 3.63) is 36.0 Å². The van der Waals surface area contributed by atoms with Gasteiger partial charge in [-0.1, -0.05) is 31.2 Å². The minimum atomic E-state index is 0.878. The second kappa shape index (κ2) is 6.53. The van der Waals surface area contributed by atoms with Crippen molar-refractivity contribution in [3.63, 3.8) is 0 Å². The molecule has 2 aromatic rings. The van der Waals surface area contributed by atoms with Gasteiger partial charge in [-0.25, -0.2) is 4.98 Å². The monoisotopic (exact) mass is 257 g/mol. The van der Waals surface area contributed by atoms with E-state index < -0.39 is 0 Å². The Hall–Kier alpha value is -1.61. The van der Waals surface area contributed by atoms with Crippen LogP contribution >= 0.6 is 0 Å². The predicted molar refractivity (Wildman–Crippen MR) is 82.7 cm³/mol. The van der Waals surface area contributed by atoms with Crippen molar-refractivity contribution >= 4 is 16.6 Å². The van der Waals surface area contributed by atoms with E-state index in [0.29, 0.717) is 0 Å². The van der Waals surface area contributed by atoms with Gasteiger partial charge in [0.1, 0.15) is 5.82 Å². The molecule has 0 fully saturated rings. The molecule has 0 aliphatic heterocycles. The third kappa shape index (κ3) is 2.87. The molecule has 19 heavy (non-hydrogen) atoms. The average Bonchev–Trinajstić information content (AvgIpc) is 2.47. The fourth-order valence-electron chi connectivity index (χ4n) is 2.41. The molecule has 0 bridgehead atoms. The minimum Gasteiger partial charge on any atom is -0.357 e. The van der Waals surface area contributed by atoms with E-state index in [0.717, 1.165) is 32.0 Å². The summed E-state index contributed by atoms with van der Waals surface area (Å²) in [6.07, 6.45) is 2.01. The number of nitrogens with one attached hydrogen (secondary N) is 1. The standard InChI is InChI=1S/C16H23N3/c1-4-17-11-13-12-18-16(19(5-2)6-3)15-10-8-7-9-14(13)15/h7-10,12,17H,4-6,11H2,1-3H3. The number of anilines is 1. The molecule has 102 valence electrons. The summed E-state index contributed by atoms with van der Waals surface area (Å²) in [6, 6.07) is 8.56. The fraction of sp³-hybridized carbons (Fsp3) is 0.438. The molecule has 1 heterocycles. The maximum atomic E-state index is 4.69. The summed E-state index contributed by atoms with van der Waals surface area (Å²) in [6.45, 7) is 10.3. The molecule has 0 atom stereocenters. The zero-order chi connectivity index (χ0) is 13.7. The van der Waals surface area contributed by atoms with Gasteiger partial charge in [0.05, 0.1) is 0 Å². The van der Waals surface area contributed by atoms with Crippen LogP contribution in [0.4, 0.5) is 5.82 Å². The number of benzene rings is 1. The summed E-state index contributed by atoms with van der Waals surface area (Å²) in [7, 11) is 0. The van der Waals surface area contributed by atoms with E-state index in [-0.39, 0.29) is 0 Å². The Morgan fingerprint density at radius 1 is 1.05 bits per heavy atom. The Morgan fingerprint density at radius 3 is 2.37 bits per heavy atom. The zero-order valence-electron chi connectivity index (χ0n) is 12.1. The first-order chi connectivity index (χ1) is 9.31. The van der Waals surface area contributed by atoms with E-state index >= 15 is 0 Å². The molecule has 0 aliphatic carbocycles. The van der Waals surface area contributed by atoms with Gasteiger partial charge in [0.2, 0.25) is 0 Å². The number of aromatic nitrogens is 1. The van der Waals surface area contributed by atoms with Gasteiger partial charge in [-0.2, -0.15) is 0 Å². The summed E-state index contributed by atoms with van der Waals surface area (Å²) in [5, 5.41) is 5.94. The van der Waals surface area contributed by atoms with Crippen molar-refractivity contribution in [2.45, 2.75) is 27.3 Å². The topological polar surface area (TPSA) is 28.2 Å². The lowest BCUT2D eigenvalue weighted by molar-refractivity contribution is 0.728. The van der Waals surface area contributed by atoms with Gasteiger partial charge in [-0.15, -0.1) is 0 Å². The Kier molecular flexibility index (Phi) is 4.74. The Bertz CT molecular complexity index is 533. The van der Waals surface area contributed by atoms with E-state index in [9.17, 15) is 0 Å². The van der Waals surface area contributed by atoms with Crippen LogP contribution < -0.4 is 10.2 Å². The third-order valence-electron chi connectivity index (χ3n) is 3.49. The minimum absolute atomic E-state index is 0.878. The van der Waals surface area contributed by atoms with E-state index in [1.165, 1.54) is 16.3 Å². The van der Waals surface area contributed by atoms with E-state index in [2.05, 4.69) is 60.2 Å². The fourth-order valence-corrected chi connectivity index (χ4v) is 2.41. The molecule has 1 aromatic heterocycles. The lowest BCUT2D eigenvalue weighted by Gasteiger charge is -2.22. The molecule has 0 saturated carbocycles. The molecule has 0 saturated heterocycles. The van der Waals surface area contributed by atoms with Crippen LogP contribution in [-0.4, -0.2) is 24.6 Å². The highest BCUT2D eigenvalue weighted by Crippen LogP contribution is 2.26. The van der Waals surface area contributed by atoms with Gasteiger partial charge < -0.3 is 10.2 Å². The van der Waals surface area contributed by atoms with E-state index in [1.807, 2.05) is 6.20 Å². The quantitative estimate of drug-likeness (QED) is 0.861. The van der Waals surface area contributed by atoms with Crippen molar-refractivity contribution in [2.75, 3.05) is 24.5 Å². The summed E-state index contributed by atoms with van der Waals surface area (Å²) in [5.74, 6) is 1.10. The lowest BCUT2D eigenvalue weighted by atomic mass is 10.1. The summed E-state index contributed by atoms with van der Waals surface area (Å²) >= 11 is 0. The van der Waals surface area contributed by atoms with Gasteiger partial charge in [0.25, 0.3) is 0 Å². The lowest BCUT2D eigenvalue weighted by Crippen LogP contribution is -2.23. The Balaban J connectivity index is 2.51. The Morgan fingerprint density at radius 2 is 1.74 bits per heavy atom. The van der Waals surface area contributed by atoms with Crippen molar-refractivity contribution in [1.82, 2.24) is 10.3 Å². The van der Waals surface area contributed by atoms with Crippen molar-refractivity contribution in [1.29, 1.82) is 0 Å². The van der Waals surface area contributed by atoms with Crippen LogP contribution in [0.15, 0.2) is 30.5 Å². The summed E-state index contributed by atoms with van der Waals surface area (Å²) < 4.78 is 0. The van der Waals surface area contributed by atoms with Gasteiger partial charge in [0.15, 0.2) is 0 Å². The number of hydrogen-bond donors (Lipinski definition) is 1. The highest BCUT2D eigenvalue weighted by molar-refractivity contribution is 5.94. The molecule has 0 radical (unpaired) electrons. The van der Waals surface area contributed by atoms with Gasteiger partial charge in [0, 0.05) is 31.2 Å². The van der Waals surface area contributed by atoms with Crippen molar-refractivity contribution < 1.29 is 0 Å². The van der Waals surface area contributed by atoms with Crippen LogP contribution in [0.5, 0.6) is 0 Å². The molecule has 3 nitrogen and oxygen atoms in total. The molecule has 1 aromatic carbocycles. The molecule has 3 heteroatoms. The second-order valence-corrected chi connectivity index (χ2v) is 4.61. The SMILES string of the molecule is CCNCc1cnc(N(CC)CC)c2ccccc12. The number of rotatable bonds is 6. The maximum absolute atomic E-state index is 4.69. The van der Waals surface area contributed by atoms with Gasteiger partial charge in [-0.05, 0) is 31.3 Å². The number of hydrogen-bond acceptors (Lipinski definition) is 3. The smallest absolute Gasteiger partial charge is 0.136 e. The van der Waals surface area contributed by atoms with Crippen LogP contribution in [0.1, 0.15) is 26.3 Å². The maximum Gasteiger partial charge on any atom is 0.136 e. The second-order valence-electron chi connectivity index (χ2n) is 4.61. The molecule has 0 unspecified atom stereocenters. The number of fused-ring (bicyclic) bond motifs is 1. The van der Waals surface area contributed by atoms with Crippen LogP contribution in [0.3, 0.4) is 0 Å². The number of pyridine rings is 1. The molecule has 0 aliphatic rings. The first-order valence-corrected chi connectivity index (χ1v) is 7.14. The largest absolute Gasteiger partial charge is 0.357 e. The van der Waals surface area contributed by atoms with Crippen molar-refractivity contribution in [2.24, 2.45) is 0 Å². The summed E-state index contributed by atoms with van der Waals surface area (Å²) in [4.78, 5) is 6.99. The molecule has 0 spiro atoms. The third-order valence-corrected chi connectivity index (χ3v) is 3.49. The molecule has 2 rings (SSSR count). The van der Waals surface area contributed by atoms with E-state index in [4.69, 9.17) is 0 Å². The normalized spacial score (nSPS) is 10.9. The van der Waals surface area contributed by atoms with Crippen molar-refractivity contribution in [3.8, 4) is 0 Å². The molecule has 1 N–H and O–H groups in total. The van der Waals surface area contributed by atoms with Crippen LogP contribution in [0.2, 0.25) is 0 Å². The van der Waals surface area contributed by atoms with Gasteiger partial charge >= 0.3 is 0 Å². The first-order valence-electron chi connectivity index (χ1n) is 7.14. The van der Waals surface area contributed by atoms with Crippen LogP contribution in [0.25, 0.3) is 10.8 Å². The average molecular weight is 257 g/mol. The Labute approximate surface area is 115 Å². The highest BCUT2D eigenvalue weighted by atomic mass is 15.2. The number of nitrogens with zero attached hydrogens (tertiary/aromatic N) is 2. The molecular weight excluding hydrogens is 234 g/mol. The van der Waals surface area contributed by atoms with Crippen LogP contribution in [-0.2, 0) is 6.54 Å². The van der Waals surface area contributed by atoms with Gasteiger partial charge in [-0.3, -0.25) is 0 Å². The highest BCUT2D eigenvalue weighted by Gasteiger charge is 2.10.